The van der Waals surface area contributed by atoms with E-state index in [9.17, 15) is 9.59 Å². The van der Waals surface area contributed by atoms with Gasteiger partial charge in [0.05, 0.1) is 11.7 Å². The fraction of sp³-hybridized carbons (Fsp3) is 0.421. The van der Waals surface area contributed by atoms with Crippen molar-refractivity contribution in [3.8, 4) is 11.3 Å². The number of nitrogens with one attached hydrogen (secondary N) is 3. The molecule has 138 valence electrons. The minimum Gasteiger partial charge on any atom is -0.356 e. The van der Waals surface area contributed by atoms with Gasteiger partial charge in [0, 0.05) is 24.4 Å². The number of amides is 2. The van der Waals surface area contributed by atoms with Crippen LogP contribution in [0.1, 0.15) is 31.7 Å². The van der Waals surface area contributed by atoms with Crippen molar-refractivity contribution in [3.05, 3.63) is 35.2 Å². The summed E-state index contributed by atoms with van der Waals surface area (Å²) in [5.41, 5.74) is 3.14. The largest absolute Gasteiger partial charge is 0.356 e. The highest BCUT2D eigenvalue weighted by Gasteiger charge is 2.22. The van der Waals surface area contributed by atoms with Gasteiger partial charge < -0.3 is 16.0 Å². The number of carbonyl (C=O) groups excluding carboxylic acids is 2. The van der Waals surface area contributed by atoms with Crippen LogP contribution in [0, 0.1) is 0 Å². The molecule has 0 spiro atoms. The van der Waals surface area contributed by atoms with Crippen molar-refractivity contribution in [1.82, 2.24) is 15.6 Å². The van der Waals surface area contributed by atoms with Crippen LogP contribution in [0.25, 0.3) is 11.3 Å². The van der Waals surface area contributed by atoms with Crippen molar-refractivity contribution < 1.29 is 9.59 Å². The van der Waals surface area contributed by atoms with Crippen molar-refractivity contribution in [2.24, 2.45) is 0 Å². The lowest BCUT2D eigenvalue weighted by Gasteiger charge is -2.08. The Morgan fingerprint density at radius 1 is 1.31 bits per heavy atom. The molecular formula is C19H24N4O2S. The monoisotopic (exact) mass is 372 g/mol. The van der Waals surface area contributed by atoms with Gasteiger partial charge in [-0.2, -0.15) is 0 Å². The molecule has 1 fully saturated rings. The third kappa shape index (κ3) is 5.12. The molecule has 0 bridgehead atoms. The second kappa shape index (κ2) is 8.91. The number of anilines is 1. The molecule has 1 unspecified atom stereocenters. The van der Waals surface area contributed by atoms with Gasteiger partial charge in [0.25, 0.3) is 0 Å². The molecule has 0 aliphatic carbocycles. The van der Waals surface area contributed by atoms with Gasteiger partial charge in [-0.15, -0.1) is 11.3 Å². The number of carbonyl (C=O) groups is 2. The molecule has 0 radical (unpaired) electrons. The molecule has 1 atom stereocenters. The fourth-order valence-electron chi connectivity index (χ4n) is 2.96. The van der Waals surface area contributed by atoms with Gasteiger partial charge >= 0.3 is 0 Å². The normalized spacial score (nSPS) is 16.4. The second-order valence-corrected chi connectivity index (χ2v) is 7.32. The van der Waals surface area contributed by atoms with Gasteiger partial charge in [0.1, 0.15) is 0 Å². The number of aromatic nitrogens is 1. The Balaban J connectivity index is 1.53. The standard InChI is InChI=1S/C19H24N4O2S/c1-13(24)20-10-2-4-14-6-8-15(9-7-14)17-12-26-19(22-17)23-18(25)16-5-3-11-21-16/h6-9,12,16,21H,2-5,10-11H2,1H3,(H,20,24)(H,22,23,25). The molecule has 6 nitrogen and oxygen atoms in total. The zero-order valence-corrected chi connectivity index (χ0v) is 15.7. The van der Waals surface area contributed by atoms with Gasteiger partial charge in [-0.3, -0.25) is 9.59 Å². The maximum Gasteiger partial charge on any atom is 0.243 e. The van der Waals surface area contributed by atoms with Crippen LogP contribution in [-0.4, -0.2) is 35.9 Å². The molecular weight excluding hydrogens is 348 g/mol. The van der Waals surface area contributed by atoms with Crippen LogP contribution in [0.5, 0.6) is 0 Å². The first-order chi connectivity index (χ1) is 12.6. The van der Waals surface area contributed by atoms with Crippen LogP contribution in [0.3, 0.4) is 0 Å². The molecule has 2 amide bonds. The number of hydrogen-bond donors (Lipinski definition) is 3. The van der Waals surface area contributed by atoms with E-state index >= 15 is 0 Å². The van der Waals surface area contributed by atoms with Crippen molar-refractivity contribution in [3.63, 3.8) is 0 Å². The van der Waals surface area contributed by atoms with Gasteiger partial charge in [0.2, 0.25) is 11.8 Å². The summed E-state index contributed by atoms with van der Waals surface area (Å²) in [4.78, 5) is 27.5. The summed E-state index contributed by atoms with van der Waals surface area (Å²) in [6, 6.07) is 8.17. The average molecular weight is 372 g/mol. The van der Waals surface area contributed by atoms with E-state index in [0.717, 1.165) is 43.5 Å². The number of rotatable bonds is 7. The quantitative estimate of drug-likeness (QED) is 0.653. The second-order valence-electron chi connectivity index (χ2n) is 6.46. The van der Waals surface area contributed by atoms with Crippen molar-refractivity contribution in [1.29, 1.82) is 0 Å². The van der Waals surface area contributed by atoms with E-state index in [1.165, 1.54) is 23.8 Å². The summed E-state index contributed by atoms with van der Waals surface area (Å²) in [5.74, 6) is 0.00778. The van der Waals surface area contributed by atoms with E-state index < -0.39 is 0 Å². The van der Waals surface area contributed by atoms with E-state index in [4.69, 9.17) is 0 Å². The number of benzene rings is 1. The van der Waals surface area contributed by atoms with Crippen LogP contribution in [0.15, 0.2) is 29.6 Å². The Kier molecular flexibility index (Phi) is 6.35. The van der Waals surface area contributed by atoms with Crippen LogP contribution in [0.4, 0.5) is 5.13 Å². The number of hydrogen-bond acceptors (Lipinski definition) is 5. The minimum atomic E-state index is -0.0980. The maximum absolute atomic E-state index is 12.1. The zero-order chi connectivity index (χ0) is 18.4. The highest BCUT2D eigenvalue weighted by molar-refractivity contribution is 7.14. The molecule has 1 aromatic heterocycles. The van der Waals surface area contributed by atoms with Gasteiger partial charge in [-0.1, -0.05) is 24.3 Å². The molecule has 1 aliphatic heterocycles. The Bertz CT molecular complexity index is 751. The molecule has 7 heteroatoms. The fourth-order valence-corrected chi connectivity index (χ4v) is 3.69. The van der Waals surface area contributed by atoms with Crippen molar-refractivity contribution in [2.75, 3.05) is 18.4 Å². The first-order valence-corrected chi connectivity index (χ1v) is 9.83. The predicted molar refractivity (Wildman–Crippen MR) is 104 cm³/mol. The number of nitrogens with zero attached hydrogens (tertiary/aromatic N) is 1. The molecule has 3 rings (SSSR count). The predicted octanol–water partition coefficient (Wildman–Crippen LogP) is 2.57. The van der Waals surface area contributed by atoms with Crippen LogP contribution >= 0.6 is 11.3 Å². The summed E-state index contributed by atoms with van der Waals surface area (Å²) in [5, 5.41) is 11.5. The van der Waals surface area contributed by atoms with E-state index in [0.29, 0.717) is 11.7 Å². The first kappa shape index (κ1) is 18.5. The summed E-state index contributed by atoms with van der Waals surface area (Å²) >= 11 is 1.44. The minimum absolute atomic E-state index is 0.00193. The molecule has 1 aromatic carbocycles. The van der Waals surface area contributed by atoms with E-state index in [-0.39, 0.29) is 17.9 Å². The van der Waals surface area contributed by atoms with Gasteiger partial charge in [0.15, 0.2) is 5.13 Å². The smallest absolute Gasteiger partial charge is 0.243 e. The Hall–Kier alpha value is -2.25. The molecule has 0 saturated carbocycles. The van der Waals surface area contributed by atoms with E-state index in [2.05, 4.69) is 33.1 Å². The van der Waals surface area contributed by atoms with Crippen LogP contribution in [-0.2, 0) is 16.0 Å². The summed E-state index contributed by atoms with van der Waals surface area (Å²) < 4.78 is 0. The van der Waals surface area contributed by atoms with E-state index in [1.807, 2.05) is 17.5 Å². The highest BCUT2D eigenvalue weighted by atomic mass is 32.1. The van der Waals surface area contributed by atoms with Crippen LogP contribution < -0.4 is 16.0 Å². The molecule has 1 saturated heterocycles. The summed E-state index contributed by atoms with van der Waals surface area (Å²) in [6.45, 7) is 3.13. The lowest BCUT2D eigenvalue weighted by atomic mass is 10.1. The third-order valence-electron chi connectivity index (χ3n) is 4.38. The zero-order valence-electron chi connectivity index (χ0n) is 14.9. The molecule has 2 aromatic rings. The first-order valence-electron chi connectivity index (χ1n) is 8.95. The van der Waals surface area contributed by atoms with Crippen molar-refractivity contribution >= 4 is 28.3 Å². The Morgan fingerprint density at radius 3 is 2.81 bits per heavy atom. The highest BCUT2D eigenvalue weighted by Crippen LogP contribution is 2.25. The Morgan fingerprint density at radius 2 is 2.12 bits per heavy atom. The topological polar surface area (TPSA) is 83.1 Å². The lowest BCUT2D eigenvalue weighted by Crippen LogP contribution is -2.35. The van der Waals surface area contributed by atoms with Crippen molar-refractivity contribution in [2.45, 2.75) is 38.6 Å². The summed E-state index contributed by atoms with van der Waals surface area (Å²) in [6.07, 6.45) is 3.76. The molecule has 2 heterocycles. The summed E-state index contributed by atoms with van der Waals surface area (Å²) in [7, 11) is 0. The van der Waals surface area contributed by atoms with E-state index in [1.54, 1.807) is 0 Å². The SMILES string of the molecule is CC(=O)NCCCc1ccc(-c2csc(NC(=O)C3CCCN3)n2)cc1. The number of thiazole rings is 1. The molecule has 26 heavy (non-hydrogen) atoms. The lowest BCUT2D eigenvalue weighted by molar-refractivity contribution is -0.119. The van der Waals surface area contributed by atoms with Crippen LogP contribution in [0.2, 0.25) is 0 Å². The van der Waals surface area contributed by atoms with Gasteiger partial charge in [-0.05, 0) is 37.8 Å². The average Bonchev–Trinajstić information content (AvgIpc) is 3.31. The van der Waals surface area contributed by atoms with Gasteiger partial charge in [-0.25, -0.2) is 4.98 Å². The maximum atomic E-state index is 12.1. The molecule has 1 aliphatic rings. The Labute approximate surface area is 157 Å². The number of aryl methyl sites for hydroxylation is 1. The third-order valence-corrected chi connectivity index (χ3v) is 5.13. The molecule has 3 N–H and O–H groups in total.